The van der Waals surface area contributed by atoms with Crippen LogP contribution < -0.4 is 0 Å². The molecular formula is C15H22O4. The third-order valence-corrected chi connectivity index (χ3v) is 4.24. The lowest BCUT2D eigenvalue weighted by atomic mass is 9.88. The Morgan fingerprint density at radius 2 is 2.26 bits per heavy atom. The van der Waals surface area contributed by atoms with E-state index in [0.717, 1.165) is 5.57 Å². The summed E-state index contributed by atoms with van der Waals surface area (Å²) >= 11 is 0. The second-order valence-corrected chi connectivity index (χ2v) is 5.72. The lowest BCUT2D eigenvalue weighted by Gasteiger charge is -2.21. The summed E-state index contributed by atoms with van der Waals surface area (Å²) in [7, 11) is 0. The van der Waals surface area contributed by atoms with Crippen molar-refractivity contribution in [1.29, 1.82) is 0 Å². The smallest absolute Gasteiger partial charge is 0.334 e. The van der Waals surface area contributed by atoms with E-state index in [2.05, 4.69) is 6.58 Å². The second-order valence-electron chi connectivity index (χ2n) is 5.72. The second kappa shape index (κ2) is 5.47. The van der Waals surface area contributed by atoms with Crippen molar-refractivity contribution < 1.29 is 19.7 Å². The molecule has 0 unspecified atom stereocenters. The normalized spacial score (nSPS) is 36.3. The highest BCUT2D eigenvalue weighted by molar-refractivity contribution is 5.91. The zero-order valence-corrected chi connectivity index (χ0v) is 11.5. The first-order chi connectivity index (χ1) is 8.90. The highest BCUT2D eigenvalue weighted by Crippen LogP contribution is 2.38. The fourth-order valence-electron chi connectivity index (χ4n) is 2.82. The van der Waals surface area contributed by atoms with Gasteiger partial charge in [0.1, 0.15) is 6.10 Å². The van der Waals surface area contributed by atoms with E-state index in [4.69, 9.17) is 4.74 Å². The van der Waals surface area contributed by atoms with Gasteiger partial charge in [-0.25, -0.2) is 4.79 Å². The molecule has 4 heteroatoms. The van der Waals surface area contributed by atoms with E-state index in [1.54, 1.807) is 6.92 Å². The minimum absolute atomic E-state index is 0.0239. The number of fused-ring (bicyclic) bond motifs is 1. The molecule has 2 rings (SSSR count). The molecule has 1 aliphatic heterocycles. The molecule has 1 heterocycles. The number of hydrogen-bond donors (Lipinski definition) is 2. The summed E-state index contributed by atoms with van der Waals surface area (Å²) < 4.78 is 5.30. The molecule has 1 fully saturated rings. The van der Waals surface area contributed by atoms with Crippen LogP contribution in [-0.4, -0.2) is 34.5 Å². The maximum absolute atomic E-state index is 11.5. The predicted molar refractivity (Wildman–Crippen MR) is 71.3 cm³/mol. The van der Waals surface area contributed by atoms with Crippen LogP contribution in [0.4, 0.5) is 0 Å². The third-order valence-electron chi connectivity index (χ3n) is 4.24. The van der Waals surface area contributed by atoms with E-state index in [9.17, 15) is 15.0 Å². The lowest BCUT2D eigenvalue weighted by molar-refractivity contribution is -0.137. The molecule has 0 spiro atoms. The molecule has 106 valence electrons. The summed E-state index contributed by atoms with van der Waals surface area (Å²) in [5.74, 6) is -0.451. The molecule has 0 radical (unpaired) electrons. The Bertz CT molecular complexity index is 410. The number of ether oxygens (including phenoxy) is 1. The molecule has 2 aliphatic rings. The Morgan fingerprint density at radius 3 is 2.89 bits per heavy atom. The standard InChI is InChI=1S/C15H22O4/c1-8(16)4-5-11-6-14-12(7-13(17)9(11)2)10(3)15(18)19-14/h6,8-9,12-14,16-17H,3-5,7H2,1-2H3/t8-,9+,12-,13+,14-/m0/s1. The highest BCUT2D eigenvalue weighted by Gasteiger charge is 2.41. The Balaban J connectivity index is 2.21. The van der Waals surface area contributed by atoms with E-state index < -0.39 is 6.10 Å². The van der Waals surface area contributed by atoms with Gasteiger partial charge in [0.25, 0.3) is 0 Å². The van der Waals surface area contributed by atoms with Crippen LogP contribution in [-0.2, 0) is 9.53 Å². The molecule has 5 atom stereocenters. The average molecular weight is 266 g/mol. The van der Waals surface area contributed by atoms with Crippen molar-refractivity contribution in [3.63, 3.8) is 0 Å². The zero-order valence-electron chi connectivity index (χ0n) is 11.5. The molecule has 0 aromatic rings. The van der Waals surface area contributed by atoms with E-state index >= 15 is 0 Å². The summed E-state index contributed by atoms with van der Waals surface area (Å²) in [6, 6.07) is 0. The topological polar surface area (TPSA) is 66.8 Å². The van der Waals surface area contributed by atoms with Crippen molar-refractivity contribution in [3.8, 4) is 0 Å². The van der Waals surface area contributed by atoms with E-state index in [0.29, 0.717) is 24.8 Å². The quantitative estimate of drug-likeness (QED) is 0.462. The van der Waals surface area contributed by atoms with Gasteiger partial charge in [0.2, 0.25) is 0 Å². The van der Waals surface area contributed by atoms with E-state index in [-0.39, 0.29) is 30.0 Å². The van der Waals surface area contributed by atoms with Crippen LogP contribution >= 0.6 is 0 Å². The molecule has 0 bridgehead atoms. The summed E-state index contributed by atoms with van der Waals surface area (Å²) in [6.07, 6.45) is 2.64. The van der Waals surface area contributed by atoms with Crippen molar-refractivity contribution in [1.82, 2.24) is 0 Å². The Morgan fingerprint density at radius 1 is 1.58 bits per heavy atom. The number of carbonyl (C=O) groups is 1. The molecule has 19 heavy (non-hydrogen) atoms. The van der Waals surface area contributed by atoms with Crippen LogP contribution in [0.1, 0.15) is 33.1 Å². The largest absolute Gasteiger partial charge is 0.454 e. The minimum Gasteiger partial charge on any atom is -0.454 e. The van der Waals surface area contributed by atoms with Crippen molar-refractivity contribution in [2.24, 2.45) is 11.8 Å². The number of carbonyl (C=O) groups excluding carboxylic acids is 1. The number of aliphatic hydroxyl groups is 2. The first-order valence-corrected chi connectivity index (χ1v) is 6.86. The first kappa shape index (κ1) is 14.3. The molecule has 0 saturated carbocycles. The van der Waals surface area contributed by atoms with Gasteiger partial charge in [-0.15, -0.1) is 0 Å². The third kappa shape index (κ3) is 2.90. The van der Waals surface area contributed by atoms with Crippen molar-refractivity contribution in [2.45, 2.75) is 51.4 Å². The van der Waals surface area contributed by atoms with Gasteiger partial charge < -0.3 is 14.9 Å². The van der Waals surface area contributed by atoms with Gasteiger partial charge >= 0.3 is 5.97 Å². The maximum atomic E-state index is 11.5. The number of hydrogen-bond acceptors (Lipinski definition) is 4. The summed E-state index contributed by atoms with van der Waals surface area (Å²) in [4.78, 5) is 11.5. The zero-order chi connectivity index (χ0) is 14.2. The molecule has 2 N–H and O–H groups in total. The van der Waals surface area contributed by atoms with E-state index in [1.807, 2.05) is 13.0 Å². The summed E-state index contributed by atoms with van der Waals surface area (Å²) in [5.41, 5.74) is 1.52. The monoisotopic (exact) mass is 266 g/mol. The maximum Gasteiger partial charge on any atom is 0.334 e. The lowest BCUT2D eigenvalue weighted by Crippen LogP contribution is -2.22. The average Bonchev–Trinajstić information content (AvgIpc) is 2.53. The minimum atomic E-state index is -0.499. The van der Waals surface area contributed by atoms with Gasteiger partial charge in [-0.1, -0.05) is 19.1 Å². The van der Waals surface area contributed by atoms with Crippen molar-refractivity contribution in [2.75, 3.05) is 0 Å². The number of aliphatic hydroxyl groups excluding tert-OH is 2. The fraction of sp³-hybridized carbons (Fsp3) is 0.667. The fourth-order valence-corrected chi connectivity index (χ4v) is 2.82. The Hall–Kier alpha value is -1.13. The van der Waals surface area contributed by atoms with Gasteiger partial charge in [-0.3, -0.25) is 0 Å². The number of rotatable bonds is 3. The van der Waals surface area contributed by atoms with Gasteiger partial charge in [0, 0.05) is 17.4 Å². The van der Waals surface area contributed by atoms with E-state index in [1.165, 1.54) is 0 Å². The van der Waals surface area contributed by atoms with Crippen LogP contribution in [0.3, 0.4) is 0 Å². The predicted octanol–water partition coefficient (Wildman–Crippen LogP) is 1.57. The van der Waals surface area contributed by atoms with Crippen LogP contribution in [0.15, 0.2) is 23.8 Å². The number of esters is 1. The molecule has 1 aliphatic carbocycles. The summed E-state index contributed by atoms with van der Waals surface area (Å²) in [6.45, 7) is 7.49. The molecule has 0 amide bonds. The Labute approximate surface area is 113 Å². The van der Waals surface area contributed by atoms with Crippen LogP contribution in [0.25, 0.3) is 0 Å². The molecule has 0 aromatic carbocycles. The molecule has 4 nitrogen and oxygen atoms in total. The van der Waals surface area contributed by atoms with Crippen molar-refractivity contribution >= 4 is 5.97 Å². The van der Waals surface area contributed by atoms with Gasteiger partial charge in [-0.2, -0.15) is 0 Å². The van der Waals surface area contributed by atoms with Gasteiger partial charge in [0.05, 0.1) is 12.2 Å². The SMILES string of the molecule is C=C1C(=O)O[C@H]2C=C(CC[C@H](C)O)[C@@H](C)[C@H](O)C[C@@H]12. The molecule has 0 aromatic heterocycles. The van der Waals surface area contributed by atoms with Gasteiger partial charge in [0.15, 0.2) is 0 Å². The van der Waals surface area contributed by atoms with Crippen LogP contribution in [0, 0.1) is 11.8 Å². The van der Waals surface area contributed by atoms with Crippen LogP contribution in [0.5, 0.6) is 0 Å². The highest BCUT2D eigenvalue weighted by atomic mass is 16.6. The van der Waals surface area contributed by atoms with Crippen LogP contribution in [0.2, 0.25) is 0 Å². The Kier molecular flexibility index (Phi) is 4.11. The molecule has 1 saturated heterocycles. The van der Waals surface area contributed by atoms with Crippen molar-refractivity contribution in [3.05, 3.63) is 23.8 Å². The summed E-state index contributed by atoms with van der Waals surface area (Å²) in [5, 5.41) is 19.6. The molecular weight excluding hydrogens is 244 g/mol. The van der Waals surface area contributed by atoms with Gasteiger partial charge in [-0.05, 0) is 32.3 Å². The first-order valence-electron chi connectivity index (χ1n) is 6.86.